The molecule has 110 valence electrons. The van der Waals surface area contributed by atoms with Crippen LogP contribution in [0.1, 0.15) is 71.1 Å². The first-order chi connectivity index (χ1) is 9.16. The molecule has 2 saturated carbocycles. The zero-order chi connectivity index (χ0) is 13.3. The van der Waals surface area contributed by atoms with Crippen LogP contribution in [0.2, 0.25) is 0 Å². The number of ether oxygens (including phenoxy) is 1. The van der Waals surface area contributed by atoms with Crippen LogP contribution in [0.4, 0.5) is 0 Å². The van der Waals surface area contributed by atoms with Crippen molar-refractivity contribution >= 4 is 0 Å². The van der Waals surface area contributed by atoms with Crippen LogP contribution in [0.3, 0.4) is 0 Å². The van der Waals surface area contributed by atoms with Crippen LogP contribution < -0.4 is 5.32 Å². The molecule has 2 nitrogen and oxygen atoms in total. The number of rotatable bonds is 2. The van der Waals surface area contributed by atoms with Gasteiger partial charge in [-0.2, -0.15) is 0 Å². The third kappa shape index (κ3) is 2.71. The van der Waals surface area contributed by atoms with Crippen molar-refractivity contribution in [3.8, 4) is 0 Å². The van der Waals surface area contributed by atoms with Crippen molar-refractivity contribution < 1.29 is 4.74 Å². The summed E-state index contributed by atoms with van der Waals surface area (Å²) in [6, 6.07) is 0.759. The third-order valence-corrected chi connectivity index (χ3v) is 6.43. The van der Waals surface area contributed by atoms with Crippen molar-refractivity contribution in [3.05, 3.63) is 0 Å². The van der Waals surface area contributed by atoms with E-state index in [0.29, 0.717) is 5.41 Å². The normalized spacial score (nSPS) is 42.6. The second kappa shape index (κ2) is 5.37. The predicted molar refractivity (Wildman–Crippen MR) is 79.3 cm³/mol. The maximum atomic E-state index is 6.28. The maximum Gasteiger partial charge on any atom is 0.0685 e. The van der Waals surface area contributed by atoms with Gasteiger partial charge in [0.25, 0.3) is 0 Å². The smallest absolute Gasteiger partial charge is 0.0685 e. The Morgan fingerprint density at radius 1 is 1.00 bits per heavy atom. The molecule has 2 heteroatoms. The predicted octanol–water partition coefficient (Wildman–Crippen LogP) is 3.89. The van der Waals surface area contributed by atoms with Crippen molar-refractivity contribution in [3.63, 3.8) is 0 Å². The second-order valence-electron chi connectivity index (χ2n) is 7.66. The summed E-state index contributed by atoms with van der Waals surface area (Å²) in [6.07, 6.45) is 13.7. The van der Waals surface area contributed by atoms with Crippen LogP contribution in [0.5, 0.6) is 0 Å². The van der Waals surface area contributed by atoms with Crippen molar-refractivity contribution in [2.24, 2.45) is 11.3 Å². The molecule has 3 unspecified atom stereocenters. The molecule has 1 spiro atoms. The van der Waals surface area contributed by atoms with E-state index in [4.69, 9.17) is 4.74 Å². The molecule has 0 amide bonds. The molecule has 0 radical (unpaired) electrons. The van der Waals surface area contributed by atoms with Gasteiger partial charge in [-0.25, -0.2) is 0 Å². The van der Waals surface area contributed by atoms with E-state index in [1.165, 1.54) is 64.2 Å². The first-order valence-corrected chi connectivity index (χ1v) is 8.47. The van der Waals surface area contributed by atoms with Crippen molar-refractivity contribution in [1.82, 2.24) is 5.32 Å². The third-order valence-electron chi connectivity index (χ3n) is 6.43. The molecule has 3 fully saturated rings. The lowest BCUT2D eigenvalue weighted by molar-refractivity contribution is -0.135. The molecule has 3 atom stereocenters. The average molecular weight is 265 g/mol. The summed E-state index contributed by atoms with van der Waals surface area (Å²) in [5.41, 5.74) is 0.851. The molecule has 0 bridgehead atoms. The van der Waals surface area contributed by atoms with Gasteiger partial charge in [-0.3, -0.25) is 0 Å². The number of hydrogen-bond acceptors (Lipinski definition) is 2. The van der Waals surface area contributed by atoms with Crippen LogP contribution in [0.25, 0.3) is 0 Å². The number of hydrogen-bond donors (Lipinski definition) is 1. The average Bonchev–Trinajstić information content (AvgIpc) is 2.83. The van der Waals surface area contributed by atoms with Crippen LogP contribution in [-0.4, -0.2) is 25.3 Å². The summed E-state index contributed by atoms with van der Waals surface area (Å²) in [5.74, 6) is 0.901. The Kier molecular flexibility index (Phi) is 3.92. The van der Waals surface area contributed by atoms with Crippen LogP contribution >= 0.6 is 0 Å². The van der Waals surface area contributed by atoms with Crippen LogP contribution in [0.15, 0.2) is 0 Å². The second-order valence-corrected chi connectivity index (χ2v) is 7.66. The highest BCUT2D eigenvalue weighted by molar-refractivity contribution is 4.99. The van der Waals surface area contributed by atoms with E-state index in [1.807, 2.05) is 0 Å². The SMILES string of the molecule is CNC1CCC(C)(C2CCOC3(CCCCC3)C2)C1. The zero-order valence-electron chi connectivity index (χ0n) is 12.8. The van der Waals surface area contributed by atoms with Gasteiger partial charge in [0.2, 0.25) is 0 Å². The molecule has 1 heterocycles. The highest BCUT2D eigenvalue weighted by Gasteiger charge is 2.47. The Morgan fingerprint density at radius 3 is 2.47 bits per heavy atom. The molecule has 2 aliphatic carbocycles. The van der Waals surface area contributed by atoms with Gasteiger partial charge < -0.3 is 10.1 Å². The minimum absolute atomic E-state index is 0.280. The van der Waals surface area contributed by atoms with Gasteiger partial charge in [-0.1, -0.05) is 26.2 Å². The van der Waals surface area contributed by atoms with E-state index < -0.39 is 0 Å². The topological polar surface area (TPSA) is 21.3 Å². The Hall–Kier alpha value is -0.0800. The molecule has 0 aromatic carbocycles. The lowest BCUT2D eigenvalue weighted by Crippen LogP contribution is -2.45. The summed E-state index contributed by atoms with van der Waals surface area (Å²) in [6.45, 7) is 3.57. The molecular weight excluding hydrogens is 234 g/mol. The Labute approximate surface area is 118 Å². The molecule has 3 aliphatic rings. The zero-order valence-corrected chi connectivity index (χ0v) is 12.8. The van der Waals surface area contributed by atoms with E-state index in [-0.39, 0.29) is 5.60 Å². The first kappa shape index (κ1) is 13.9. The molecular formula is C17H31NO. The Morgan fingerprint density at radius 2 is 1.79 bits per heavy atom. The van der Waals surface area contributed by atoms with E-state index >= 15 is 0 Å². The van der Waals surface area contributed by atoms with Gasteiger partial charge in [0.15, 0.2) is 0 Å². The summed E-state index contributed by atoms with van der Waals surface area (Å²) >= 11 is 0. The lowest BCUT2D eigenvalue weighted by Gasteiger charge is -2.48. The van der Waals surface area contributed by atoms with Crippen molar-refractivity contribution in [2.45, 2.75) is 82.8 Å². The van der Waals surface area contributed by atoms with E-state index in [2.05, 4.69) is 19.3 Å². The number of nitrogens with one attached hydrogen (secondary N) is 1. The summed E-state index contributed by atoms with van der Waals surface area (Å²) < 4.78 is 6.28. The van der Waals surface area contributed by atoms with Gasteiger partial charge in [-0.15, -0.1) is 0 Å². The van der Waals surface area contributed by atoms with Gasteiger partial charge in [0.1, 0.15) is 0 Å². The fraction of sp³-hybridized carbons (Fsp3) is 1.00. The Balaban J connectivity index is 1.68. The van der Waals surface area contributed by atoms with Crippen LogP contribution in [-0.2, 0) is 4.74 Å². The minimum Gasteiger partial charge on any atom is -0.375 e. The van der Waals surface area contributed by atoms with Gasteiger partial charge >= 0.3 is 0 Å². The maximum absolute atomic E-state index is 6.28. The molecule has 0 aromatic heterocycles. The van der Waals surface area contributed by atoms with Crippen LogP contribution in [0, 0.1) is 11.3 Å². The highest BCUT2D eigenvalue weighted by Crippen LogP contribution is 2.52. The molecule has 19 heavy (non-hydrogen) atoms. The van der Waals surface area contributed by atoms with Crippen molar-refractivity contribution in [1.29, 1.82) is 0 Å². The van der Waals surface area contributed by atoms with E-state index in [1.54, 1.807) is 0 Å². The summed E-state index contributed by atoms with van der Waals surface area (Å²) in [5, 5.41) is 3.50. The summed E-state index contributed by atoms with van der Waals surface area (Å²) in [7, 11) is 2.13. The van der Waals surface area contributed by atoms with E-state index in [0.717, 1.165) is 18.6 Å². The van der Waals surface area contributed by atoms with Gasteiger partial charge in [0.05, 0.1) is 5.60 Å². The molecule has 1 aliphatic heterocycles. The van der Waals surface area contributed by atoms with E-state index in [9.17, 15) is 0 Å². The standard InChI is InChI=1S/C17H31NO/c1-16(10-6-15(13-16)18-2)14-7-11-19-17(12-14)8-4-3-5-9-17/h14-15,18H,3-13H2,1-2H3. The van der Waals surface area contributed by atoms with Gasteiger partial charge in [-0.05, 0) is 63.3 Å². The monoisotopic (exact) mass is 265 g/mol. The van der Waals surface area contributed by atoms with Crippen molar-refractivity contribution in [2.75, 3.05) is 13.7 Å². The fourth-order valence-corrected chi connectivity index (χ4v) is 5.06. The molecule has 0 aromatic rings. The minimum atomic E-state index is 0.280. The molecule has 3 rings (SSSR count). The fourth-order valence-electron chi connectivity index (χ4n) is 5.06. The largest absolute Gasteiger partial charge is 0.375 e. The molecule has 1 saturated heterocycles. The first-order valence-electron chi connectivity index (χ1n) is 8.47. The Bertz CT molecular complexity index is 305. The molecule has 1 N–H and O–H groups in total. The van der Waals surface area contributed by atoms with Gasteiger partial charge in [0, 0.05) is 12.6 Å². The lowest BCUT2D eigenvalue weighted by atomic mass is 9.65. The quantitative estimate of drug-likeness (QED) is 0.818. The summed E-state index contributed by atoms with van der Waals surface area (Å²) in [4.78, 5) is 0. The highest BCUT2D eigenvalue weighted by atomic mass is 16.5.